The molecule has 3 heterocycles. The molecule has 14 aromatic carbocycles. The first-order chi connectivity index (χ1) is 39.2. The van der Waals surface area contributed by atoms with E-state index in [0.717, 1.165) is 0 Å². The molecule has 366 valence electrons. The molecule has 0 amide bonds. The molecule has 3 aromatic heterocycles. The van der Waals surface area contributed by atoms with Crippen LogP contribution in [0.2, 0.25) is 0 Å². The van der Waals surface area contributed by atoms with Crippen molar-refractivity contribution in [1.82, 2.24) is 9.13 Å². The van der Waals surface area contributed by atoms with Crippen LogP contribution in [0.5, 0.6) is 0 Å². The molecule has 3 heteroatoms. The second-order valence-corrected chi connectivity index (χ2v) is 22.1. The first-order valence-corrected chi connectivity index (χ1v) is 28.1. The molecule has 79 heavy (non-hydrogen) atoms. The third kappa shape index (κ3) is 6.51. The zero-order chi connectivity index (χ0) is 51.7. The summed E-state index contributed by atoms with van der Waals surface area (Å²) in [5.41, 5.74) is 17.1. The van der Waals surface area contributed by atoms with Gasteiger partial charge in [-0.25, -0.2) is 0 Å². The third-order valence-corrected chi connectivity index (χ3v) is 18.1. The van der Waals surface area contributed by atoms with E-state index >= 15 is 0 Å². The molecule has 17 aromatic rings. The summed E-state index contributed by atoms with van der Waals surface area (Å²) < 4.78 is 7.63. The molecule has 0 aliphatic carbocycles. The Morgan fingerprint density at radius 1 is 0.215 bits per heavy atom. The lowest BCUT2D eigenvalue weighted by Crippen LogP contribution is -1.99. The van der Waals surface area contributed by atoms with Crippen molar-refractivity contribution >= 4 is 118 Å². The molecule has 2 nitrogen and oxygen atoms in total. The maximum atomic E-state index is 2.53. The molecule has 0 saturated heterocycles. The smallest absolute Gasteiger partial charge is 0.0619 e. The maximum Gasteiger partial charge on any atom is 0.0619 e. The first-order valence-electron chi connectivity index (χ1n) is 27.2. The highest BCUT2D eigenvalue weighted by Crippen LogP contribution is 2.50. The van der Waals surface area contributed by atoms with Crippen molar-refractivity contribution < 1.29 is 0 Å². The molecule has 0 saturated carbocycles. The van der Waals surface area contributed by atoms with Crippen molar-refractivity contribution in [2.24, 2.45) is 0 Å². The topological polar surface area (TPSA) is 9.86 Å². The highest BCUT2D eigenvalue weighted by Gasteiger charge is 2.25. The highest BCUT2D eigenvalue weighted by molar-refractivity contribution is 7.26. The number of thiophene rings is 1. The third-order valence-electron chi connectivity index (χ3n) is 16.9. The van der Waals surface area contributed by atoms with E-state index < -0.39 is 0 Å². The van der Waals surface area contributed by atoms with Crippen LogP contribution in [0.1, 0.15) is 0 Å². The van der Waals surface area contributed by atoms with Gasteiger partial charge < -0.3 is 9.13 Å². The van der Waals surface area contributed by atoms with Crippen LogP contribution in [0.15, 0.2) is 279 Å². The molecule has 0 bridgehead atoms. The molecule has 17 rings (SSSR count). The van der Waals surface area contributed by atoms with Gasteiger partial charge in [0, 0.05) is 68.8 Å². The van der Waals surface area contributed by atoms with Crippen molar-refractivity contribution in [3.05, 3.63) is 279 Å². The minimum absolute atomic E-state index is 1.20. The van der Waals surface area contributed by atoms with Crippen LogP contribution in [0.25, 0.3) is 163 Å². The molecule has 0 radical (unpaired) electrons. The molecule has 0 fully saturated rings. The van der Waals surface area contributed by atoms with E-state index in [0.29, 0.717) is 0 Å². The van der Waals surface area contributed by atoms with Crippen molar-refractivity contribution in [2.45, 2.75) is 0 Å². The van der Waals surface area contributed by atoms with Crippen LogP contribution in [-0.2, 0) is 0 Å². The van der Waals surface area contributed by atoms with Crippen LogP contribution >= 0.6 is 11.3 Å². The number of nitrogens with zero attached hydrogens (tertiary/aromatic N) is 2. The first kappa shape index (κ1) is 44.1. The Labute approximate surface area is 459 Å². The van der Waals surface area contributed by atoms with Gasteiger partial charge >= 0.3 is 0 Å². The van der Waals surface area contributed by atoms with Crippen molar-refractivity contribution in [1.29, 1.82) is 0 Å². The van der Waals surface area contributed by atoms with Crippen molar-refractivity contribution in [3.8, 4) is 55.9 Å². The van der Waals surface area contributed by atoms with Gasteiger partial charge in [0.05, 0.1) is 33.4 Å². The van der Waals surface area contributed by atoms with Gasteiger partial charge in [-0.05, 0) is 103 Å². The largest absolute Gasteiger partial charge is 0.308 e. The number of rotatable bonds is 6. The maximum absolute atomic E-state index is 2.53. The van der Waals surface area contributed by atoms with Crippen LogP contribution < -0.4 is 0 Å². The van der Waals surface area contributed by atoms with Crippen LogP contribution in [0.3, 0.4) is 0 Å². The standard InChI is InChI=1S/C76H46N2S/c1-3-20-47(21-4-1)49-39-42-69-65(44-49)52-24-15-17-36-67(52)77(69)74-59-30-11-7-26-55(59)72(56-27-8-12-31-60(56)74)51-38-41-54-63-34-19-35-64(76(63)79-71(54)46-51)73-57-28-9-13-32-61(57)75(62-33-14-10-29-58(62)73)78-68-37-18-16-25-53(68)66-45-50(40-43-70(66)78)48-22-5-2-6-23-48/h1-46H. The van der Waals surface area contributed by atoms with E-state index in [-0.39, 0.29) is 0 Å². The zero-order valence-corrected chi connectivity index (χ0v) is 43.7. The fourth-order valence-corrected chi connectivity index (χ4v) is 14.8. The van der Waals surface area contributed by atoms with E-state index in [9.17, 15) is 0 Å². The van der Waals surface area contributed by atoms with E-state index in [4.69, 9.17) is 0 Å². The normalized spacial score (nSPS) is 12.1. The molecule has 0 aliphatic heterocycles. The average Bonchev–Trinajstić information content (AvgIpc) is 4.31. The second-order valence-electron chi connectivity index (χ2n) is 21.0. The summed E-state index contributed by atoms with van der Waals surface area (Å²) in [4.78, 5) is 0. The number of benzene rings is 14. The summed E-state index contributed by atoms with van der Waals surface area (Å²) in [6.07, 6.45) is 0. The minimum Gasteiger partial charge on any atom is -0.308 e. The average molecular weight is 1020 g/mol. The lowest BCUT2D eigenvalue weighted by Gasteiger charge is -2.20. The lowest BCUT2D eigenvalue weighted by atomic mass is 9.89. The number of fused-ring (bicyclic) bond motifs is 13. The Bertz CT molecular complexity index is 5250. The van der Waals surface area contributed by atoms with E-state index in [2.05, 4.69) is 288 Å². The van der Waals surface area contributed by atoms with Crippen LogP contribution in [0.4, 0.5) is 0 Å². The number of hydrogen-bond donors (Lipinski definition) is 0. The van der Waals surface area contributed by atoms with E-state index in [1.54, 1.807) is 0 Å². The van der Waals surface area contributed by atoms with E-state index in [1.807, 2.05) is 11.3 Å². The summed E-state index contributed by atoms with van der Waals surface area (Å²) in [6, 6.07) is 104. The monoisotopic (exact) mass is 1020 g/mol. The van der Waals surface area contributed by atoms with Gasteiger partial charge in [0.25, 0.3) is 0 Å². The highest BCUT2D eigenvalue weighted by atomic mass is 32.1. The Kier molecular flexibility index (Phi) is 9.62. The minimum atomic E-state index is 1.20. The van der Waals surface area contributed by atoms with Gasteiger partial charge in [-0.15, -0.1) is 11.3 Å². The number of aromatic nitrogens is 2. The Morgan fingerprint density at radius 3 is 1.08 bits per heavy atom. The summed E-state index contributed by atoms with van der Waals surface area (Å²) in [5, 5.41) is 17.4. The van der Waals surface area contributed by atoms with Gasteiger partial charge in [-0.3, -0.25) is 0 Å². The van der Waals surface area contributed by atoms with Gasteiger partial charge in [-0.1, -0.05) is 237 Å². The van der Waals surface area contributed by atoms with Gasteiger partial charge in [0.15, 0.2) is 0 Å². The fraction of sp³-hybridized carbons (Fsp3) is 0. The summed E-state index contributed by atoms with van der Waals surface area (Å²) >= 11 is 1.92. The fourth-order valence-electron chi connectivity index (χ4n) is 13.5. The molecule has 0 atom stereocenters. The quantitative estimate of drug-likeness (QED) is 0.147. The van der Waals surface area contributed by atoms with Crippen LogP contribution in [0, 0.1) is 0 Å². The zero-order valence-electron chi connectivity index (χ0n) is 42.9. The predicted octanol–water partition coefficient (Wildman–Crippen LogP) is 21.5. The predicted molar refractivity (Wildman–Crippen MR) is 340 cm³/mol. The van der Waals surface area contributed by atoms with Gasteiger partial charge in [-0.2, -0.15) is 0 Å². The summed E-state index contributed by atoms with van der Waals surface area (Å²) in [5.74, 6) is 0. The van der Waals surface area contributed by atoms with Crippen molar-refractivity contribution in [2.75, 3.05) is 0 Å². The lowest BCUT2D eigenvalue weighted by molar-refractivity contribution is 1.21. The molecule has 0 spiro atoms. The number of para-hydroxylation sites is 2. The Balaban J connectivity index is 0.863. The summed E-state index contributed by atoms with van der Waals surface area (Å²) in [7, 11) is 0. The Morgan fingerprint density at radius 2 is 0.595 bits per heavy atom. The summed E-state index contributed by atoms with van der Waals surface area (Å²) in [6.45, 7) is 0. The van der Waals surface area contributed by atoms with Crippen molar-refractivity contribution in [3.63, 3.8) is 0 Å². The van der Waals surface area contributed by atoms with Gasteiger partial charge in [0.2, 0.25) is 0 Å². The molecular weight excluding hydrogens is 973 g/mol. The Hall–Kier alpha value is -10.1. The SMILES string of the molecule is c1ccc(-c2ccc3c(c2)c2ccccc2n3-c2c3ccccc3c(-c3ccc4c(c3)sc3c(-c5c6ccccc6c(-n6c7ccccc7c7cc(-c8ccccc8)ccc76)c6ccccc56)cccc34)c3ccccc23)cc1. The van der Waals surface area contributed by atoms with Crippen LogP contribution in [-0.4, -0.2) is 9.13 Å². The van der Waals surface area contributed by atoms with Gasteiger partial charge in [0.1, 0.15) is 0 Å². The molecule has 0 unspecified atom stereocenters. The molecule has 0 N–H and O–H groups in total. The molecule has 0 aliphatic rings. The number of hydrogen-bond acceptors (Lipinski definition) is 1. The second kappa shape index (κ2) is 17.2. The van der Waals surface area contributed by atoms with E-state index in [1.165, 1.54) is 163 Å². The molecular formula is C76H46N2S.